The Kier molecular flexibility index (Phi) is 8.83. The zero-order chi connectivity index (χ0) is 22.1. The van der Waals surface area contributed by atoms with Crippen LogP contribution in [0.2, 0.25) is 0 Å². The lowest BCUT2D eigenvalue weighted by Gasteiger charge is -2.31. The van der Waals surface area contributed by atoms with Crippen LogP contribution in [0.3, 0.4) is 0 Å². The molecular formula is C25H32N2O3S. The largest absolute Gasteiger partial charge is 0.497 e. The maximum Gasteiger partial charge on any atom is 0.242 e. The van der Waals surface area contributed by atoms with Gasteiger partial charge in [-0.1, -0.05) is 49.6 Å². The van der Waals surface area contributed by atoms with Gasteiger partial charge in [0.05, 0.1) is 12.9 Å². The van der Waals surface area contributed by atoms with E-state index in [0.717, 1.165) is 41.9 Å². The van der Waals surface area contributed by atoms with E-state index in [1.165, 1.54) is 18.2 Å². The fourth-order valence-electron chi connectivity index (χ4n) is 3.86. The second-order valence-corrected chi connectivity index (χ2v) is 9.04. The second-order valence-electron chi connectivity index (χ2n) is 7.99. The van der Waals surface area contributed by atoms with Gasteiger partial charge in [-0.05, 0) is 49.6 Å². The number of nitrogens with zero attached hydrogens (tertiary/aromatic N) is 1. The first-order chi connectivity index (χ1) is 15.1. The highest BCUT2D eigenvalue weighted by molar-refractivity contribution is 8.00. The minimum absolute atomic E-state index is 0.0528. The first kappa shape index (κ1) is 23.2. The first-order valence-corrected chi connectivity index (χ1v) is 12.0. The normalized spacial score (nSPS) is 15.2. The van der Waals surface area contributed by atoms with Gasteiger partial charge in [0.25, 0.3) is 0 Å². The molecule has 1 aliphatic carbocycles. The van der Waals surface area contributed by atoms with E-state index in [1.807, 2.05) is 61.5 Å². The van der Waals surface area contributed by atoms with Gasteiger partial charge in [0.2, 0.25) is 11.8 Å². The SMILES string of the molecule is COc1cccc(CN(C(=O)CSc2ccccc2)[C@H](C)C(=O)NC2CCCCC2)c1. The van der Waals surface area contributed by atoms with Crippen molar-refractivity contribution in [1.82, 2.24) is 10.2 Å². The molecule has 2 aromatic rings. The van der Waals surface area contributed by atoms with Gasteiger partial charge in [0.1, 0.15) is 11.8 Å². The molecule has 166 valence electrons. The van der Waals surface area contributed by atoms with Crippen LogP contribution in [-0.4, -0.2) is 41.7 Å². The van der Waals surface area contributed by atoms with E-state index in [-0.39, 0.29) is 23.6 Å². The lowest BCUT2D eigenvalue weighted by atomic mass is 9.95. The van der Waals surface area contributed by atoms with E-state index in [4.69, 9.17) is 4.74 Å². The van der Waals surface area contributed by atoms with Crippen molar-refractivity contribution in [3.63, 3.8) is 0 Å². The van der Waals surface area contributed by atoms with Crippen molar-refractivity contribution in [2.24, 2.45) is 0 Å². The Morgan fingerprint density at radius 1 is 1.10 bits per heavy atom. The van der Waals surface area contributed by atoms with Gasteiger partial charge in [-0.15, -0.1) is 11.8 Å². The Morgan fingerprint density at radius 2 is 1.84 bits per heavy atom. The molecule has 2 amide bonds. The molecule has 0 saturated heterocycles. The topological polar surface area (TPSA) is 58.6 Å². The molecule has 5 nitrogen and oxygen atoms in total. The van der Waals surface area contributed by atoms with Gasteiger partial charge < -0.3 is 15.0 Å². The lowest BCUT2D eigenvalue weighted by Crippen LogP contribution is -2.50. The van der Waals surface area contributed by atoms with Crippen molar-refractivity contribution in [3.8, 4) is 5.75 Å². The summed E-state index contributed by atoms with van der Waals surface area (Å²) < 4.78 is 5.32. The number of hydrogen-bond acceptors (Lipinski definition) is 4. The molecule has 1 aliphatic rings. The van der Waals surface area contributed by atoms with E-state index in [9.17, 15) is 9.59 Å². The van der Waals surface area contributed by atoms with Gasteiger partial charge in [-0.2, -0.15) is 0 Å². The van der Waals surface area contributed by atoms with Crippen LogP contribution >= 0.6 is 11.8 Å². The summed E-state index contributed by atoms with van der Waals surface area (Å²) in [6, 6.07) is 17.2. The molecule has 0 bridgehead atoms. The van der Waals surface area contributed by atoms with E-state index in [1.54, 1.807) is 12.0 Å². The van der Waals surface area contributed by atoms with E-state index in [2.05, 4.69) is 5.32 Å². The molecule has 0 aromatic heterocycles. The molecule has 0 spiro atoms. The van der Waals surface area contributed by atoms with Crippen molar-refractivity contribution < 1.29 is 14.3 Å². The summed E-state index contributed by atoms with van der Waals surface area (Å²) in [5.41, 5.74) is 0.940. The number of nitrogens with one attached hydrogen (secondary N) is 1. The monoisotopic (exact) mass is 440 g/mol. The molecule has 0 radical (unpaired) electrons. The van der Waals surface area contributed by atoms with Crippen molar-refractivity contribution in [2.45, 2.75) is 62.6 Å². The first-order valence-electron chi connectivity index (χ1n) is 11.0. The Morgan fingerprint density at radius 3 is 2.55 bits per heavy atom. The number of ether oxygens (including phenoxy) is 1. The van der Waals surface area contributed by atoms with Gasteiger partial charge in [-0.25, -0.2) is 0 Å². The molecule has 1 fully saturated rings. The highest BCUT2D eigenvalue weighted by atomic mass is 32.2. The highest BCUT2D eigenvalue weighted by Crippen LogP contribution is 2.22. The number of hydrogen-bond donors (Lipinski definition) is 1. The smallest absolute Gasteiger partial charge is 0.242 e. The van der Waals surface area contributed by atoms with Gasteiger partial charge in [0, 0.05) is 17.5 Å². The molecule has 1 saturated carbocycles. The average molecular weight is 441 g/mol. The number of amides is 2. The summed E-state index contributed by atoms with van der Waals surface area (Å²) >= 11 is 1.49. The molecule has 0 heterocycles. The quantitative estimate of drug-likeness (QED) is 0.577. The molecule has 31 heavy (non-hydrogen) atoms. The predicted molar refractivity (Wildman–Crippen MR) is 125 cm³/mol. The fourth-order valence-corrected chi connectivity index (χ4v) is 4.67. The molecule has 0 aliphatic heterocycles. The van der Waals surface area contributed by atoms with Gasteiger partial charge in [0.15, 0.2) is 0 Å². The van der Waals surface area contributed by atoms with Crippen LogP contribution < -0.4 is 10.1 Å². The number of thioether (sulfide) groups is 1. The number of methoxy groups -OCH3 is 1. The number of rotatable bonds is 9. The fraction of sp³-hybridized carbons (Fsp3) is 0.440. The molecule has 0 unspecified atom stereocenters. The van der Waals surface area contributed by atoms with Gasteiger partial charge >= 0.3 is 0 Å². The third kappa shape index (κ3) is 7.03. The third-order valence-corrected chi connectivity index (χ3v) is 6.71. The number of benzene rings is 2. The van der Waals surface area contributed by atoms with Crippen LogP contribution in [0.4, 0.5) is 0 Å². The molecule has 1 N–H and O–H groups in total. The van der Waals surface area contributed by atoms with Crippen LogP contribution in [0.1, 0.15) is 44.6 Å². The molecule has 6 heteroatoms. The van der Waals surface area contributed by atoms with Crippen molar-refractivity contribution >= 4 is 23.6 Å². The van der Waals surface area contributed by atoms with Gasteiger partial charge in [-0.3, -0.25) is 9.59 Å². The summed E-state index contributed by atoms with van der Waals surface area (Å²) in [5, 5.41) is 3.17. The molecular weight excluding hydrogens is 408 g/mol. The number of carbonyl (C=O) groups is 2. The van der Waals surface area contributed by atoms with Crippen molar-refractivity contribution in [3.05, 3.63) is 60.2 Å². The molecule has 1 atom stereocenters. The minimum atomic E-state index is -0.544. The van der Waals surface area contributed by atoms with Crippen LogP contribution in [0.25, 0.3) is 0 Å². The predicted octanol–water partition coefficient (Wildman–Crippen LogP) is 4.65. The van der Waals surface area contributed by atoms with Crippen LogP contribution in [-0.2, 0) is 16.1 Å². The molecule has 3 rings (SSSR count). The average Bonchev–Trinajstić information content (AvgIpc) is 2.82. The zero-order valence-corrected chi connectivity index (χ0v) is 19.2. The lowest BCUT2D eigenvalue weighted by molar-refractivity contribution is -0.139. The Bertz CT molecular complexity index is 853. The maximum absolute atomic E-state index is 13.2. The van der Waals surface area contributed by atoms with Crippen LogP contribution in [0.15, 0.2) is 59.5 Å². The third-order valence-electron chi connectivity index (χ3n) is 5.71. The summed E-state index contributed by atoms with van der Waals surface area (Å²) in [7, 11) is 1.62. The van der Waals surface area contributed by atoms with Crippen LogP contribution in [0, 0.1) is 0 Å². The van der Waals surface area contributed by atoms with Crippen LogP contribution in [0.5, 0.6) is 5.75 Å². The summed E-state index contributed by atoms with van der Waals surface area (Å²) in [6.07, 6.45) is 5.58. The zero-order valence-electron chi connectivity index (χ0n) is 18.4. The van der Waals surface area contributed by atoms with E-state index >= 15 is 0 Å². The second kappa shape index (κ2) is 11.8. The molecule has 2 aromatic carbocycles. The Hall–Kier alpha value is -2.47. The standard InChI is InChI=1S/C25H32N2O3S/c1-19(25(29)26-21-11-5-3-6-12-21)27(17-20-10-9-13-22(16-20)30-2)24(28)18-31-23-14-7-4-8-15-23/h4,7-10,13-16,19,21H,3,5-6,11-12,17-18H2,1-2H3,(H,26,29)/t19-/m1/s1. The summed E-state index contributed by atoms with van der Waals surface area (Å²) in [5.74, 6) is 0.897. The van der Waals surface area contributed by atoms with Crippen molar-refractivity contribution in [1.29, 1.82) is 0 Å². The van der Waals surface area contributed by atoms with E-state index < -0.39 is 6.04 Å². The maximum atomic E-state index is 13.2. The summed E-state index contributed by atoms with van der Waals surface area (Å²) in [6.45, 7) is 2.19. The van der Waals surface area contributed by atoms with Crippen molar-refractivity contribution in [2.75, 3.05) is 12.9 Å². The Balaban J connectivity index is 1.71. The minimum Gasteiger partial charge on any atom is -0.497 e. The highest BCUT2D eigenvalue weighted by Gasteiger charge is 2.28. The number of carbonyl (C=O) groups excluding carboxylic acids is 2. The summed E-state index contributed by atoms with van der Waals surface area (Å²) in [4.78, 5) is 28.9. The van der Waals surface area contributed by atoms with E-state index in [0.29, 0.717) is 6.54 Å². The Labute approximate surface area is 189 Å².